The second-order valence-corrected chi connectivity index (χ2v) is 3.67. The largest absolute Gasteiger partial charge is 0.481 e. The Morgan fingerprint density at radius 2 is 1.30 bits per heavy atom. The summed E-state index contributed by atoms with van der Waals surface area (Å²) in [7, 11) is 0. The van der Waals surface area contributed by atoms with Crippen molar-refractivity contribution < 1.29 is 33.6 Å². The molecular formula is C12H23NO7. The van der Waals surface area contributed by atoms with Crippen LogP contribution < -0.4 is 5.32 Å². The summed E-state index contributed by atoms with van der Waals surface area (Å²) >= 11 is 0. The van der Waals surface area contributed by atoms with Crippen LogP contribution in [-0.2, 0) is 28.5 Å². The minimum atomic E-state index is -0.872. The van der Waals surface area contributed by atoms with Gasteiger partial charge < -0.3 is 29.4 Å². The topological polar surface area (TPSA) is 103 Å². The van der Waals surface area contributed by atoms with Crippen LogP contribution in [0.4, 0.5) is 0 Å². The van der Waals surface area contributed by atoms with E-state index in [9.17, 15) is 9.59 Å². The van der Waals surface area contributed by atoms with Crippen molar-refractivity contribution in [3.05, 3.63) is 0 Å². The number of hydrogen-bond acceptors (Lipinski definition) is 6. The minimum Gasteiger partial charge on any atom is -0.481 e. The summed E-state index contributed by atoms with van der Waals surface area (Å²) in [6.07, 6.45) is 0.633. The van der Waals surface area contributed by atoms with Crippen molar-refractivity contribution in [3.63, 3.8) is 0 Å². The van der Waals surface area contributed by atoms with Gasteiger partial charge in [0, 0.05) is 6.54 Å². The zero-order chi connectivity index (χ0) is 14.9. The molecule has 0 aromatic rings. The molecule has 0 atom stereocenters. The van der Waals surface area contributed by atoms with Gasteiger partial charge in [-0.05, 0) is 0 Å². The molecule has 0 bridgehead atoms. The van der Waals surface area contributed by atoms with Gasteiger partial charge in [0.05, 0.1) is 59.3 Å². The number of rotatable bonds is 16. The fourth-order valence-corrected chi connectivity index (χ4v) is 1.11. The van der Waals surface area contributed by atoms with Gasteiger partial charge in [-0.15, -0.1) is 0 Å². The van der Waals surface area contributed by atoms with Crippen LogP contribution in [0.15, 0.2) is 0 Å². The van der Waals surface area contributed by atoms with Crippen LogP contribution in [0.1, 0.15) is 6.42 Å². The van der Waals surface area contributed by atoms with Gasteiger partial charge in [0.25, 0.3) is 0 Å². The average Bonchev–Trinajstić information content (AvgIpc) is 2.43. The zero-order valence-corrected chi connectivity index (χ0v) is 11.5. The third-order valence-electron chi connectivity index (χ3n) is 2.05. The average molecular weight is 293 g/mol. The molecule has 118 valence electrons. The summed E-state index contributed by atoms with van der Waals surface area (Å²) in [5.74, 6) is -0.872. The van der Waals surface area contributed by atoms with Crippen LogP contribution in [0.5, 0.6) is 0 Å². The molecule has 0 aromatic carbocycles. The Balaban J connectivity index is 2.95. The highest BCUT2D eigenvalue weighted by molar-refractivity contribution is 5.66. The number of nitrogens with one attached hydrogen (secondary N) is 1. The molecule has 0 aromatic heterocycles. The van der Waals surface area contributed by atoms with Crippen LogP contribution in [0.25, 0.3) is 0 Å². The van der Waals surface area contributed by atoms with Gasteiger partial charge in [0.15, 0.2) is 0 Å². The van der Waals surface area contributed by atoms with E-state index in [4.69, 9.17) is 24.1 Å². The quantitative estimate of drug-likeness (QED) is 0.286. The standard InChI is InChI=1S/C12H23NO7/c14-11-13-2-4-18-6-8-20-10-9-19-7-5-17-3-1-12(15)16/h11H,1-10H2,(H,13,14)(H,15,16). The smallest absolute Gasteiger partial charge is 0.305 e. The molecule has 0 unspecified atom stereocenters. The molecule has 0 heterocycles. The minimum absolute atomic E-state index is 0.00544. The molecule has 0 aliphatic carbocycles. The summed E-state index contributed by atoms with van der Waals surface area (Å²) in [5, 5.41) is 10.8. The Morgan fingerprint density at radius 3 is 1.75 bits per heavy atom. The molecule has 0 aliphatic rings. The fraction of sp³-hybridized carbons (Fsp3) is 0.833. The maximum absolute atomic E-state index is 10.2. The van der Waals surface area contributed by atoms with E-state index in [1.807, 2.05) is 0 Å². The van der Waals surface area contributed by atoms with E-state index in [0.29, 0.717) is 59.2 Å². The van der Waals surface area contributed by atoms with Crippen molar-refractivity contribution in [1.82, 2.24) is 5.32 Å². The number of hydrogen-bond donors (Lipinski definition) is 2. The first-order chi connectivity index (χ1) is 9.77. The Morgan fingerprint density at radius 1 is 0.850 bits per heavy atom. The van der Waals surface area contributed by atoms with E-state index in [2.05, 4.69) is 5.32 Å². The first kappa shape index (κ1) is 18.8. The number of amides is 1. The maximum Gasteiger partial charge on any atom is 0.305 e. The summed E-state index contributed by atoms with van der Waals surface area (Å²) in [4.78, 5) is 20.1. The lowest BCUT2D eigenvalue weighted by atomic mass is 10.5. The lowest BCUT2D eigenvalue weighted by molar-refractivity contribution is -0.138. The van der Waals surface area contributed by atoms with Crippen molar-refractivity contribution in [3.8, 4) is 0 Å². The van der Waals surface area contributed by atoms with Crippen molar-refractivity contribution in [2.75, 3.05) is 59.4 Å². The zero-order valence-electron chi connectivity index (χ0n) is 11.5. The molecule has 2 N–H and O–H groups in total. The molecule has 8 nitrogen and oxygen atoms in total. The van der Waals surface area contributed by atoms with E-state index < -0.39 is 5.97 Å². The molecule has 0 rings (SSSR count). The van der Waals surface area contributed by atoms with Crippen LogP contribution in [0.2, 0.25) is 0 Å². The molecule has 0 aliphatic heterocycles. The lowest BCUT2D eigenvalue weighted by Gasteiger charge is -2.07. The maximum atomic E-state index is 10.2. The summed E-state index contributed by atoms with van der Waals surface area (Å²) in [5.41, 5.74) is 0. The van der Waals surface area contributed by atoms with E-state index in [-0.39, 0.29) is 13.0 Å². The second kappa shape index (κ2) is 15.8. The summed E-state index contributed by atoms with van der Waals surface area (Å²) in [6.45, 7) is 3.81. The van der Waals surface area contributed by atoms with E-state index in [1.165, 1.54) is 0 Å². The predicted molar refractivity (Wildman–Crippen MR) is 69.6 cm³/mol. The Hall–Kier alpha value is -1.22. The first-order valence-electron chi connectivity index (χ1n) is 6.47. The van der Waals surface area contributed by atoms with Crippen molar-refractivity contribution in [2.45, 2.75) is 6.42 Å². The van der Waals surface area contributed by atoms with Crippen molar-refractivity contribution in [2.24, 2.45) is 0 Å². The molecule has 0 radical (unpaired) electrons. The number of carboxylic acid groups (broad SMARTS) is 1. The third-order valence-corrected chi connectivity index (χ3v) is 2.05. The van der Waals surface area contributed by atoms with Gasteiger partial charge in [-0.2, -0.15) is 0 Å². The van der Waals surface area contributed by atoms with Crippen molar-refractivity contribution in [1.29, 1.82) is 0 Å². The molecule has 0 fully saturated rings. The monoisotopic (exact) mass is 293 g/mol. The highest BCUT2D eigenvalue weighted by atomic mass is 16.6. The van der Waals surface area contributed by atoms with Crippen LogP contribution in [0.3, 0.4) is 0 Å². The molecule has 8 heteroatoms. The number of carbonyl (C=O) groups is 2. The van der Waals surface area contributed by atoms with Gasteiger partial charge >= 0.3 is 5.97 Å². The highest BCUT2D eigenvalue weighted by Gasteiger charge is 1.96. The Kier molecular flexibility index (Phi) is 14.9. The van der Waals surface area contributed by atoms with Crippen LogP contribution >= 0.6 is 0 Å². The molecule has 0 saturated heterocycles. The molecule has 20 heavy (non-hydrogen) atoms. The van der Waals surface area contributed by atoms with Crippen LogP contribution in [0, 0.1) is 0 Å². The number of carboxylic acids is 1. The lowest BCUT2D eigenvalue weighted by Crippen LogP contribution is -2.19. The first-order valence-corrected chi connectivity index (χ1v) is 6.47. The van der Waals surface area contributed by atoms with Crippen LogP contribution in [-0.4, -0.2) is 76.9 Å². The molecule has 0 spiro atoms. The van der Waals surface area contributed by atoms with Gasteiger partial charge in [-0.25, -0.2) is 0 Å². The second-order valence-electron chi connectivity index (χ2n) is 3.67. The summed E-state index contributed by atoms with van der Waals surface area (Å²) < 4.78 is 20.7. The molecule has 0 saturated carbocycles. The van der Waals surface area contributed by atoms with Gasteiger partial charge in [-0.1, -0.05) is 0 Å². The van der Waals surface area contributed by atoms with E-state index in [0.717, 1.165) is 0 Å². The van der Waals surface area contributed by atoms with E-state index >= 15 is 0 Å². The number of aliphatic carboxylic acids is 1. The SMILES string of the molecule is O=CNCCOCCOCCOCCOCCC(=O)O. The fourth-order valence-electron chi connectivity index (χ4n) is 1.11. The van der Waals surface area contributed by atoms with Crippen molar-refractivity contribution >= 4 is 12.4 Å². The van der Waals surface area contributed by atoms with Gasteiger partial charge in [0.2, 0.25) is 6.41 Å². The Labute approximate surface area is 118 Å². The van der Waals surface area contributed by atoms with Gasteiger partial charge in [0.1, 0.15) is 0 Å². The highest BCUT2D eigenvalue weighted by Crippen LogP contribution is 1.85. The number of ether oxygens (including phenoxy) is 4. The third kappa shape index (κ3) is 16.8. The molecular weight excluding hydrogens is 270 g/mol. The number of carbonyl (C=O) groups excluding carboxylic acids is 1. The molecule has 1 amide bonds. The van der Waals surface area contributed by atoms with Gasteiger partial charge in [-0.3, -0.25) is 9.59 Å². The normalized spacial score (nSPS) is 10.4. The predicted octanol–water partition coefficient (Wildman–Crippen LogP) is -0.726. The summed E-state index contributed by atoms with van der Waals surface area (Å²) in [6, 6.07) is 0. The van der Waals surface area contributed by atoms with E-state index in [1.54, 1.807) is 0 Å². The Bertz CT molecular complexity index is 238.